The monoisotopic (exact) mass is 350 g/mol. The summed E-state index contributed by atoms with van der Waals surface area (Å²) in [7, 11) is 6.03. The maximum Gasteiger partial charge on any atom is 0.226 e. The summed E-state index contributed by atoms with van der Waals surface area (Å²) in [6.45, 7) is 2.97. The number of nitriles is 1. The van der Waals surface area contributed by atoms with E-state index >= 15 is 0 Å². The summed E-state index contributed by atoms with van der Waals surface area (Å²) in [4.78, 5) is 15.6. The van der Waals surface area contributed by atoms with Crippen LogP contribution in [0.25, 0.3) is 0 Å². The van der Waals surface area contributed by atoms with Crippen molar-refractivity contribution in [2.24, 2.45) is 0 Å². The number of nitrogens with zero attached hydrogens (tertiary/aromatic N) is 6. The lowest BCUT2D eigenvalue weighted by Gasteiger charge is -2.38. The first-order valence-electron chi connectivity index (χ1n) is 9.01. The molecule has 3 rings (SSSR count). The zero-order valence-corrected chi connectivity index (χ0v) is 15.8. The van der Waals surface area contributed by atoms with Crippen molar-refractivity contribution in [2.45, 2.75) is 25.4 Å². The minimum atomic E-state index is 0.424. The van der Waals surface area contributed by atoms with Crippen LogP contribution in [-0.2, 0) is 6.54 Å². The minimum Gasteiger partial charge on any atom is -0.355 e. The largest absolute Gasteiger partial charge is 0.355 e. The Labute approximate surface area is 155 Å². The topological polar surface area (TPSA) is 59.3 Å². The van der Waals surface area contributed by atoms with Crippen LogP contribution in [0.4, 0.5) is 11.8 Å². The molecule has 6 heteroatoms. The molecule has 1 saturated heterocycles. The van der Waals surface area contributed by atoms with E-state index in [1.165, 1.54) is 12.0 Å². The first-order chi connectivity index (χ1) is 12.6. The number of anilines is 2. The highest BCUT2D eigenvalue weighted by atomic mass is 15.3. The SMILES string of the molecule is CN(C)c1nccc(N(C)C2CCCN(Cc3cccc(C#N)c3)C2)n1. The molecule has 2 heterocycles. The number of rotatable bonds is 5. The molecule has 136 valence electrons. The van der Waals surface area contributed by atoms with Crippen LogP contribution in [-0.4, -0.2) is 55.1 Å². The number of benzene rings is 1. The summed E-state index contributed by atoms with van der Waals surface area (Å²) in [5.41, 5.74) is 1.93. The highest BCUT2D eigenvalue weighted by Gasteiger charge is 2.24. The van der Waals surface area contributed by atoms with Gasteiger partial charge in [0.15, 0.2) is 0 Å². The molecule has 0 aliphatic carbocycles. The molecule has 1 atom stereocenters. The second-order valence-electron chi connectivity index (χ2n) is 7.06. The first-order valence-corrected chi connectivity index (χ1v) is 9.01. The summed E-state index contributed by atoms with van der Waals surface area (Å²) < 4.78 is 0. The standard InChI is InChI=1S/C20H26N6/c1-24(2)20-22-10-9-19(23-20)25(3)18-8-5-11-26(15-18)14-17-7-4-6-16(12-17)13-21/h4,6-7,9-10,12,18H,5,8,11,14-15H2,1-3H3. The number of piperidine rings is 1. The van der Waals surface area contributed by atoms with E-state index in [9.17, 15) is 0 Å². The molecule has 1 aliphatic rings. The molecule has 26 heavy (non-hydrogen) atoms. The molecule has 1 aromatic carbocycles. The van der Waals surface area contributed by atoms with Crippen LogP contribution in [0.1, 0.15) is 24.0 Å². The lowest BCUT2D eigenvalue weighted by atomic mass is 10.0. The van der Waals surface area contributed by atoms with Crippen molar-refractivity contribution in [3.63, 3.8) is 0 Å². The van der Waals surface area contributed by atoms with E-state index in [1.54, 1.807) is 0 Å². The lowest BCUT2D eigenvalue weighted by Crippen LogP contribution is -2.46. The number of hydrogen-bond donors (Lipinski definition) is 0. The van der Waals surface area contributed by atoms with E-state index < -0.39 is 0 Å². The number of likely N-dealkylation sites (tertiary alicyclic amines) is 1. The fourth-order valence-corrected chi connectivity index (χ4v) is 3.43. The predicted molar refractivity (Wildman–Crippen MR) is 104 cm³/mol. The van der Waals surface area contributed by atoms with Gasteiger partial charge in [-0.05, 0) is 43.1 Å². The van der Waals surface area contributed by atoms with Gasteiger partial charge >= 0.3 is 0 Å². The molecule has 0 amide bonds. The highest BCUT2D eigenvalue weighted by molar-refractivity contribution is 5.43. The molecule has 2 aromatic rings. The van der Waals surface area contributed by atoms with E-state index in [2.05, 4.69) is 39.0 Å². The number of hydrogen-bond acceptors (Lipinski definition) is 6. The molecule has 0 saturated carbocycles. The van der Waals surface area contributed by atoms with Gasteiger partial charge in [0, 0.05) is 46.5 Å². The maximum atomic E-state index is 9.08. The zero-order valence-electron chi connectivity index (χ0n) is 15.8. The van der Waals surface area contributed by atoms with Crippen LogP contribution in [0.2, 0.25) is 0 Å². The Morgan fingerprint density at radius 2 is 2.12 bits per heavy atom. The maximum absolute atomic E-state index is 9.08. The Kier molecular flexibility index (Phi) is 5.69. The predicted octanol–water partition coefficient (Wildman–Crippen LogP) is 2.52. The molecule has 1 unspecified atom stereocenters. The molecule has 0 bridgehead atoms. The molecule has 1 fully saturated rings. The van der Waals surface area contributed by atoms with E-state index in [0.717, 1.165) is 43.4 Å². The number of aromatic nitrogens is 2. The van der Waals surface area contributed by atoms with Crippen molar-refractivity contribution in [3.8, 4) is 6.07 Å². The second kappa shape index (κ2) is 8.15. The fraction of sp³-hybridized carbons (Fsp3) is 0.450. The Morgan fingerprint density at radius 1 is 1.27 bits per heavy atom. The van der Waals surface area contributed by atoms with Crippen LogP contribution in [0, 0.1) is 11.3 Å². The second-order valence-corrected chi connectivity index (χ2v) is 7.06. The van der Waals surface area contributed by atoms with E-state index in [4.69, 9.17) is 5.26 Å². The quantitative estimate of drug-likeness (QED) is 0.826. The third-order valence-corrected chi connectivity index (χ3v) is 4.88. The van der Waals surface area contributed by atoms with Crippen molar-refractivity contribution in [2.75, 3.05) is 44.0 Å². The summed E-state index contributed by atoms with van der Waals surface area (Å²) in [6.07, 6.45) is 4.15. The van der Waals surface area contributed by atoms with Gasteiger partial charge in [0.1, 0.15) is 5.82 Å². The summed E-state index contributed by atoms with van der Waals surface area (Å²) in [5, 5.41) is 9.08. The summed E-state index contributed by atoms with van der Waals surface area (Å²) in [5.74, 6) is 1.69. The lowest BCUT2D eigenvalue weighted by molar-refractivity contribution is 0.198. The van der Waals surface area contributed by atoms with Gasteiger partial charge in [-0.25, -0.2) is 4.98 Å². The Morgan fingerprint density at radius 3 is 2.88 bits per heavy atom. The van der Waals surface area contributed by atoms with Gasteiger partial charge in [-0.2, -0.15) is 10.2 Å². The molecule has 0 spiro atoms. The van der Waals surface area contributed by atoms with E-state index in [0.29, 0.717) is 6.04 Å². The van der Waals surface area contributed by atoms with Crippen LogP contribution in [0.3, 0.4) is 0 Å². The first kappa shape index (κ1) is 18.2. The summed E-state index contributed by atoms with van der Waals surface area (Å²) in [6, 6.07) is 12.5. The van der Waals surface area contributed by atoms with Crippen molar-refractivity contribution >= 4 is 11.8 Å². The molecule has 6 nitrogen and oxygen atoms in total. The molecular formula is C20H26N6. The van der Waals surface area contributed by atoms with Crippen molar-refractivity contribution in [3.05, 3.63) is 47.7 Å². The van der Waals surface area contributed by atoms with Gasteiger partial charge in [0.05, 0.1) is 11.6 Å². The summed E-state index contributed by atoms with van der Waals surface area (Å²) >= 11 is 0. The average molecular weight is 350 g/mol. The Bertz CT molecular complexity index is 782. The van der Waals surface area contributed by atoms with Crippen molar-refractivity contribution < 1.29 is 0 Å². The van der Waals surface area contributed by atoms with Gasteiger partial charge in [-0.15, -0.1) is 0 Å². The van der Waals surface area contributed by atoms with E-state index in [-0.39, 0.29) is 0 Å². The smallest absolute Gasteiger partial charge is 0.226 e. The van der Waals surface area contributed by atoms with Crippen LogP contribution >= 0.6 is 0 Å². The minimum absolute atomic E-state index is 0.424. The Balaban J connectivity index is 1.67. The third-order valence-electron chi connectivity index (χ3n) is 4.88. The van der Waals surface area contributed by atoms with Gasteiger partial charge in [-0.1, -0.05) is 12.1 Å². The molecule has 0 N–H and O–H groups in total. The van der Waals surface area contributed by atoms with Gasteiger partial charge in [0.2, 0.25) is 5.95 Å². The third kappa shape index (κ3) is 4.30. The molecule has 0 radical (unpaired) electrons. The van der Waals surface area contributed by atoms with Crippen LogP contribution in [0.15, 0.2) is 36.5 Å². The Hall–Kier alpha value is -2.65. The van der Waals surface area contributed by atoms with Crippen LogP contribution < -0.4 is 9.80 Å². The zero-order chi connectivity index (χ0) is 18.5. The molecule has 1 aliphatic heterocycles. The van der Waals surface area contributed by atoms with Gasteiger partial charge in [0.25, 0.3) is 0 Å². The average Bonchev–Trinajstić information content (AvgIpc) is 2.68. The number of likely N-dealkylation sites (N-methyl/N-ethyl adjacent to an activating group) is 1. The van der Waals surface area contributed by atoms with Gasteiger partial charge in [-0.3, -0.25) is 4.90 Å². The normalized spacial score (nSPS) is 17.5. The molecule has 1 aromatic heterocycles. The highest BCUT2D eigenvalue weighted by Crippen LogP contribution is 2.22. The van der Waals surface area contributed by atoms with E-state index in [1.807, 2.05) is 49.5 Å². The van der Waals surface area contributed by atoms with Gasteiger partial charge < -0.3 is 9.80 Å². The van der Waals surface area contributed by atoms with Crippen LogP contribution in [0.5, 0.6) is 0 Å². The van der Waals surface area contributed by atoms with Crippen molar-refractivity contribution in [1.82, 2.24) is 14.9 Å². The van der Waals surface area contributed by atoms with Crippen molar-refractivity contribution in [1.29, 1.82) is 5.26 Å². The fourth-order valence-electron chi connectivity index (χ4n) is 3.43. The molecular weight excluding hydrogens is 324 g/mol.